The number of carbonyl (C=O) groups is 1. The predicted octanol–water partition coefficient (Wildman–Crippen LogP) is 3.95. The monoisotopic (exact) mass is 357 g/mol. The van der Waals surface area contributed by atoms with E-state index < -0.39 is 0 Å². The Morgan fingerprint density at radius 1 is 1.24 bits per heavy atom. The van der Waals surface area contributed by atoms with E-state index in [1.165, 1.54) is 16.9 Å². The Morgan fingerprint density at radius 2 is 2.04 bits per heavy atom. The maximum absolute atomic E-state index is 13.9. The van der Waals surface area contributed by atoms with Gasteiger partial charge in [-0.2, -0.15) is 5.10 Å². The molecule has 0 atom stereocenters. The first-order valence-corrected chi connectivity index (χ1v) is 8.26. The van der Waals surface area contributed by atoms with Crippen LogP contribution in [0.5, 0.6) is 0 Å². The molecule has 3 rings (SSSR count). The number of aromatic nitrogens is 2. The number of hydrogen-bond donors (Lipinski definition) is 1. The minimum absolute atomic E-state index is 0.234. The zero-order valence-corrected chi connectivity index (χ0v) is 14.4. The van der Waals surface area contributed by atoms with Gasteiger partial charge in [-0.05, 0) is 43.2 Å². The number of para-hydroxylation sites is 1. The summed E-state index contributed by atoms with van der Waals surface area (Å²) in [5.41, 5.74) is 2.38. The third kappa shape index (κ3) is 3.88. The van der Waals surface area contributed by atoms with E-state index in [-0.39, 0.29) is 11.7 Å². The van der Waals surface area contributed by atoms with Gasteiger partial charge >= 0.3 is 0 Å². The first-order valence-electron chi connectivity index (χ1n) is 7.88. The van der Waals surface area contributed by atoms with Gasteiger partial charge in [0.15, 0.2) is 0 Å². The van der Waals surface area contributed by atoms with Crippen LogP contribution < -0.4 is 5.32 Å². The van der Waals surface area contributed by atoms with Crippen LogP contribution >= 0.6 is 11.6 Å². The van der Waals surface area contributed by atoms with Crippen LogP contribution in [-0.4, -0.2) is 22.2 Å². The molecule has 1 aromatic heterocycles. The van der Waals surface area contributed by atoms with Crippen LogP contribution in [0.4, 0.5) is 4.39 Å². The zero-order valence-electron chi connectivity index (χ0n) is 13.7. The second kappa shape index (κ2) is 7.49. The Kier molecular flexibility index (Phi) is 5.14. The largest absolute Gasteiger partial charge is 0.352 e. The third-order valence-corrected chi connectivity index (χ3v) is 4.16. The van der Waals surface area contributed by atoms with E-state index in [0.29, 0.717) is 34.9 Å². The minimum Gasteiger partial charge on any atom is -0.352 e. The van der Waals surface area contributed by atoms with Crippen LogP contribution in [0.1, 0.15) is 21.6 Å². The summed E-state index contributed by atoms with van der Waals surface area (Å²) in [6.45, 7) is 2.22. The van der Waals surface area contributed by atoms with Gasteiger partial charge in [-0.3, -0.25) is 4.79 Å². The Labute approximate surface area is 150 Å². The van der Waals surface area contributed by atoms with E-state index in [9.17, 15) is 9.18 Å². The summed E-state index contributed by atoms with van der Waals surface area (Å²) in [7, 11) is 0. The number of benzene rings is 2. The van der Waals surface area contributed by atoms with Crippen molar-refractivity contribution in [3.05, 3.63) is 82.4 Å². The predicted molar refractivity (Wildman–Crippen MR) is 95.7 cm³/mol. The standard InChI is InChI=1S/C19H17ClFN3O/c1-13-16(12-23-24(13)18-8-3-2-7-17(18)21)19(25)22-10-9-14-5-4-6-15(20)11-14/h2-8,11-12H,9-10H2,1H3,(H,22,25). The van der Waals surface area contributed by atoms with Crippen LogP contribution in [0.3, 0.4) is 0 Å². The number of rotatable bonds is 5. The molecule has 0 radical (unpaired) electrons. The van der Waals surface area contributed by atoms with E-state index in [2.05, 4.69) is 10.4 Å². The van der Waals surface area contributed by atoms with Crippen molar-refractivity contribution in [2.75, 3.05) is 6.54 Å². The molecular formula is C19H17ClFN3O. The van der Waals surface area contributed by atoms with Crippen LogP contribution in [0, 0.1) is 12.7 Å². The Hall–Kier alpha value is -2.66. The van der Waals surface area contributed by atoms with Crippen LogP contribution in [0.15, 0.2) is 54.7 Å². The maximum Gasteiger partial charge on any atom is 0.254 e. The molecule has 4 nitrogen and oxygen atoms in total. The summed E-state index contributed by atoms with van der Waals surface area (Å²) in [6, 6.07) is 13.8. The van der Waals surface area contributed by atoms with Gasteiger partial charge in [0.2, 0.25) is 0 Å². The summed E-state index contributed by atoms with van der Waals surface area (Å²) in [5.74, 6) is -0.622. The first kappa shape index (κ1) is 17.2. The quantitative estimate of drug-likeness (QED) is 0.751. The van der Waals surface area contributed by atoms with Gasteiger partial charge in [0.05, 0.1) is 17.5 Å². The van der Waals surface area contributed by atoms with Gasteiger partial charge < -0.3 is 5.32 Å². The topological polar surface area (TPSA) is 46.9 Å². The summed E-state index contributed by atoms with van der Waals surface area (Å²) >= 11 is 5.95. The van der Waals surface area contributed by atoms with Crippen molar-refractivity contribution >= 4 is 17.5 Å². The molecule has 0 aliphatic carbocycles. The van der Waals surface area contributed by atoms with Gasteiger partial charge in [-0.1, -0.05) is 35.9 Å². The highest BCUT2D eigenvalue weighted by atomic mass is 35.5. The molecule has 0 aliphatic rings. The highest BCUT2D eigenvalue weighted by Gasteiger charge is 2.16. The molecule has 1 heterocycles. The second-order valence-corrected chi connectivity index (χ2v) is 6.08. The Balaban J connectivity index is 1.68. The Bertz CT molecular complexity index is 907. The molecule has 0 saturated carbocycles. The number of halogens is 2. The SMILES string of the molecule is Cc1c(C(=O)NCCc2cccc(Cl)c2)cnn1-c1ccccc1F. The normalized spacial score (nSPS) is 10.7. The van der Waals surface area contributed by atoms with Crippen molar-refractivity contribution in [2.24, 2.45) is 0 Å². The maximum atomic E-state index is 13.9. The van der Waals surface area contributed by atoms with Gasteiger partial charge in [0.25, 0.3) is 5.91 Å². The van der Waals surface area contributed by atoms with Gasteiger partial charge in [-0.15, -0.1) is 0 Å². The van der Waals surface area contributed by atoms with Crippen molar-refractivity contribution in [3.8, 4) is 5.69 Å². The van der Waals surface area contributed by atoms with Crippen LogP contribution in [0.25, 0.3) is 5.69 Å². The van der Waals surface area contributed by atoms with Gasteiger partial charge in [-0.25, -0.2) is 9.07 Å². The summed E-state index contributed by atoms with van der Waals surface area (Å²) in [4.78, 5) is 12.4. The summed E-state index contributed by atoms with van der Waals surface area (Å²) in [6.07, 6.45) is 2.13. The number of nitrogens with one attached hydrogen (secondary N) is 1. The number of carbonyl (C=O) groups excluding carboxylic acids is 1. The Morgan fingerprint density at radius 3 is 2.80 bits per heavy atom. The number of nitrogens with zero attached hydrogens (tertiary/aromatic N) is 2. The molecule has 3 aromatic rings. The highest BCUT2D eigenvalue weighted by molar-refractivity contribution is 6.30. The summed E-state index contributed by atoms with van der Waals surface area (Å²) < 4.78 is 15.3. The van der Waals surface area contributed by atoms with Crippen molar-refractivity contribution in [1.82, 2.24) is 15.1 Å². The fourth-order valence-corrected chi connectivity index (χ4v) is 2.82. The lowest BCUT2D eigenvalue weighted by molar-refractivity contribution is 0.0953. The van der Waals surface area contributed by atoms with E-state index in [1.54, 1.807) is 25.1 Å². The minimum atomic E-state index is -0.387. The van der Waals surface area contributed by atoms with Crippen molar-refractivity contribution in [1.29, 1.82) is 0 Å². The molecule has 0 saturated heterocycles. The third-order valence-electron chi connectivity index (χ3n) is 3.92. The molecule has 0 aliphatic heterocycles. The zero-order chi connectivity index (χ0) is 17.8. The summed E-state index contributed by atoms with van der Waals surface area (Å²) in [5, 5.41) is 7.67. The molecule has 0 unspecified atom stereocenters. The van der Waals surface area contributed by atoms with Crippen LogP contribution in [0.2, 0.25) is 5.02 Å². The molecule has 128 valence electrons. The highest BCUT2D eigenvalue weighted by Crippen LogP contribution is 2.17. The average molecular weight is 358 g/mol. The molecule has 25 heavy (non-hydrogen) atoms. The van der Waals surface area contributed by atoms with Crippen molar-refractivity contribution < 1.29 is 9.18 Å². The average Bonchev–Trinajstić information content (AvgIpc) is 2.97. The molecule has 0 spiro atoms. The van der Waals surface area contributed by atoms with E-state index in [4.69, 9.17) is 11.6 Å². The molecule has 1 amide bonds. The fourth-order valence-electron chi connectivity index (χ4n) is 2.61. The van der Waals surface area contributed by atoms with Crippen LogP contribution in [-0.2, 0) is 6.42 Å². The number of hydrogen-bond acceptors (Lipinski definition) is 2. The van der Waals surface area contributed by atoms with E-state index in [0.717, 1.165) is 5.56 Å². The molecule has 0 fully saturated rings. The van der Waals surface area contributed by atoms with Gasteiger partial charge in [0, 0.05) is 11.6 Å². The smallest absolute Gasteiger partial charge is 0.254 e. The molecule has 6 heteroatoms. The molecule has 1 N–H and O–H groups in total. The van der Waals surface area contributed by atoms with Crippen molar-refractivity contribution in [3.63, 3.8) is 0 Å². The fraction of sp³-hybridized carbons (Fsp3) is 0.158. The molecule has 2 aromatic carbocycles. The van der Waals surface area contributed by atoms with E-state index >= 15 is 0 Å². The van der Waals surface area contributed by atoms with Gasteiger partial charge in [0.1, 0.15) is 11.5 Å². The lowest BCUT2D eigenvalue weighted by Crippen LogP contribution is -2.26. The molecule has 0 bridgehead atoms. The lowest BCUT2D eigenvalue weighted by Gasteiger charge is -2.07. The van der Waals surface area contributed by atoms with Crippen molar-refractivity contribution in [2.45, 2.75) is 13.3 Å². The second-order valence-electron chi connectivity index (χ2n) is 5.64. The number of amides is 1. The van der Waals surface area contributed by atoms with E-state index in [1.807, 2.05) is 24.3 Å². The first-order chi connectivity index (χ1) is 12.1. The molecular weight excluding hydrogens is 341 g/mol. The lowest BCUT2D eigenvalue weighted by atomic mass is 10.1.